The Balaban J connectivity index is 2.03. The summed E-state index contributed by atoms with van der Waals surface area (Å²) in [4.78, 5) is 52.9. The molecule has 0 aromatic heterocycles. The van der Waals surface area contributed by atoms with Crippen LogP contribution in [0.1, 0.15) is 31.8 Å². The van der Waals surface area contributed by atoms with Crippen molar-refractivity contribution < 1.29 is 38.5 Å². The minimum atomic E-state index is -0.864. The molecule has 164 valence electrons. The lowest BCUT2D eigenvalue weighted by atomic mass is 9.82. The first-order chi connectivity index (χ1) is 15.3. The molecular formula is C22H16BrNO8. The predicted molar refractivity (Wildman–Crippen MR) is 113 cm³/mol. The molecule has 0 fully saturated rings. The van der Waals surface area contributed by atoms with Gasteiger partial charge in [-0.25, -0.2) is 9.59 Å². The third-order valence-electron chi connectivity index (χ3n) is 5.21. The zero-order valence-electron chi connectivity index (χ0n) is 16.9. The van der Waals surface area contributed by atoms with Crippen molar-refractivity contribution in [2.24, 2.45) is 0 Å². The van der Waals surface area contributed by atoms with Crippen LogP contribution in [0, 0.1) is 0 Å². The molecule has 2 aliphatic rings. The number of esters is 2. The molecule has 32 heavy (non-hydrogen) atoms. The van der Waals surface area contributed by atoms with Gasteiger partial charge in [0.2, 0.25) is 0 Å². The number of methoxy groups -OCH3 is 2. The van der Waals surface area contributed by atoms with Gasteiger partial charge in [0.25, 0.3) is 0 Å². The summed E-state index contributed by atoms with van der Waals surface area (Å²) in [6.07, 6.45) is 0. The SMILES string of the molecule is COC(=O)C1=C(C(=O)OC)N(c2c(Br)cc(O)c3c2C(=O)c2ccccc2C3=O)COC1. The molecule has 1 aliphatic heterocycles. The van der Waals surface area contributed by atoms with Crippen LogP contribution in [-0.4, -0.2) is 56.2 Å². The molecule has 0 unspecified atom stereocenters. The molecule has 0 atom stereocenters. The van der Waals surface area contributed by atoms with Crippen molar-refractivity contribution in [3.05, 3.63) is 68.3 Å². The average molecular weight is 502 g/mol. The lowest BCUT2D eigenvalue weighted by Gasteiger charge is -2.34. The number of hydrogen-bond acceptors (Lipinski definition) is 9. The second-order valence-corrected chi connectivity index (χ2v) is 7.75. The molecule has 1 N–H and O–H groups in total. The van der Waals surface area contributed by atoms with Gasteiger partial charge in [0.15, 0.2) is 11.6 Å². The fourth-order valence-corrected chi connectivity index (χ4v) is 4.44. The van der Waals surface area contributed by atoms with Gasteiger partial charge < -0.3 is 24.2 Å². The summed E-state index contributed by atoms with van der Waals surface area (Å²) >= 11 is 3.31. The molecule has 2 aromatic carbocycles. The zero-order valence-corrected chi connectivity index (χ0v) is 18.5. The average Bonchev–Trinajstić information content (AvgIpc) is 2.80. The molecule has 2 aromatic rings. The molecule has 0 radical (unpaired) electrons. The maximum Gasteiger partial charge on any atom is 0.355 e. The van der Waals surface area contributed by atoms with E-state index < -0.39 is 29.3 Å². The van der Waals surface area contributed by atoms with Crippen LogP contribution in [0.15, 0.2) is 46.1 Å². The topological polar surface area (TPSA) is 119 Å². The monoisotopic (exact) mass is 501 g/mol. The van der Waals surface area contributed by atoms with Gasteiger partial charge in [0.05, 0.1) is 43.2 Å². The second-order valence-electron chi connectivity index (χ2n) is 6.90. The number of halogens is 1. The van der Waals surface area contributed by atoms with Crippen molar-refractivity contribution >= 4 is 45.1 Å². The van der Waals surface area contributed by atoms with Gasteiger partial charge in [-0.3, -0.25) is 9.59 Å². The van der Waals surface area contributed by atoms with Crippen LogP contribution in [0.25, 0.3) is 0 Å². The molecule has 10 heteroatoms. The van der Waals surface area contributed by atoms with Crippen LogP contribution in [-0.2, 0) is 23.8 Å². The third-order valence-corrected chi connectivity index (χ3v) is 5.81. The van der Waals surface area contributed by atoms with Crippen LogP contribution >= 0.6 is 15.9 Å². The fraction of sp³-hybridized carbons (Fsp3) is 0.182. The number of phenols is 1. The van der Waals surface area contributed by atoms with E-state index in [4.69, 9.17) is 14.2 Å². The largest absolute Gasteiger partial charge is 0.507 e. The van der Waals surface area contributed by atoms with E-state index in [1.54, 1.807) is 12.1 Å². The number of carbonyl (C=O) groups is 4. The second kappa shape index (κ2) is 8.21. The smallest absolute Gasteiger partial charge is 0.355 e. The summed E-state index contributed by atoms with van der Waals surface area (Å²) in [5.74, 6) is -3.16. The van der Waals surface area contributed by atoms with Crippen molar-refractivity contribution in [1.82, 2.24) is 0 Å². The van der Waals surface area contributed by atoms with E-state index in [9.17, 15) is 24.3 Å². The van der Waals surface area contributed by atoms with Crippen LogP contribution in [0.2, 0.25) is 0 Å². The van der Waals surface area contributed by atoms with E-state index in [0.717, 1.165) is 14.2 Å². The summed E-state index contributed by atoms with van der Waals surface area (Å²) in [6, 6.07) is 7.48. The molecular weight excluding hydrogens is 486 g/mol. The van der Waals surface area contributed by atoms with Crippen molar-refractivity contribution in [1.29, 1.82) is 0 Å². The highest BCUT2D eigenvalue weighted by Gasteiger charge is 2.40. The molecule has 4 rings (SSSR count). The fourth-order valence-electron chi connectivity index (χ4n) is 3.81. The standard InChI is InChI=1S/C22H16BrNO8/c1-30-21(28)12-8-32-9-24(17(12)22(29)31-2)18-13(23)7-14(25)15-16(18)20(27)11-6-4-3-5-10(11)19(15)26/h3-7,25H,8-9H2,1-2H3. The van der Waals surface area contributed by atoms with Gasteiger partial charge in [0, 0.05) is 15.6 Å². The number of fused-ring (bicyclic) bond motifs is 2. The number of benzene rings is 2. The molecule has 0 amide bonds. The van der Waals surface area contributed by atoms with Gasteiger partial charge in [-0.2, -0.15) is 0 Å². The van der Waals surface area contributed by atoms with Gasteiger partial charge in [0.1, 0.15) is 18.2 Å². The summed E-state index contributed by atoms with van der Waals surface area (Å²) in [6.45, 7) is -0.453. The van der Waals surface area contributed by atoms with E-state index in [1.807, 2.05) is 0 Å². The number of nitrogens with zero attached hydrogens (tertiary/aromatic N) is 1. The van der Waals surface area contributed by atoms with Crippen molar-refractivity contribution in [2.45, 2.75) is 0 Å². The summed E-state index contributed by atoms with van der Waals surface area (Å²) in [7, 11) is 2.30. The molecule has 0 saturated carbocycles. The lowest BCUT2D eigenvalue weighted by Crippen LogP contribution is -2.40. The van der Waals surface area contributed by atoms with Gasteiger partial charge in [-0.05, 0) is 22.0 Å². The Morgan fingerprint density at radius 1 is 1.03 bits per heavy atom. The van der Waals surface area contributed by atoms with Crippen LogP contribution in [0.5, 0.6) is 5.75 Å². The Hall–Kier alpha value is -3.50. The highest BCUT2D eigenvalue weighted by Crippen LogP contribution is 2.45. The lowest BCUT2D eigenvalue weighted by molar-refractivity contribution is -0.140. The van der Waals surface area contributed by atoms with E-state index in [-0.39, 0.29) is 57.0 Å². The Bertz CT molecular complexity index is 1230. The third kappa shape index (κ3) is 3.19. The van der Waals surface area contributed by atoms with E-state index >= 15 is 0 Å². The first-order valence-corrected chi connectivity index (χ1v) is 10.1. The van der Waals surface area contributed by atoms with E-state index in [2.05, 4.69) is 15.9 Å². The molecule has 1 aliphatic carbocycles. The zero-order chi connectivity index (χ0) is 23.2. The van der Waals surface area contributed by atoms with Crippen LogP contribution < -0.4 is 4.90 Å². The molecule has 0 spiro atoms. The number of anilines is 1. The Kier molecular flexibility index (Phi) is 5.57. The summed E-state index contributed by atoms with van der Waals surface area (Å²) < 4.78 is 15.3. The summed E-state index contributed by atoms with van der Waals surface area (Å²) in [5, 5.41) is 10.5. The predicted octanol–water partition coefficient (Wildman–Crippen LogP) is 2.32. The number of carbonyl (C=O) groups excluding carboxylic acids is 4. The molecule has 1 heterocycles. The van der Waals surface area contributed by atoms with Gasteiger partial charge >= 0.3 is 11.9 Å². The quantitative estimate of drug-likeness (QED) is 0.539. The number of hydrogen-bond donors (Lipinski definition) is 1. The van der Waals surface area contributed by atoms with E-state index in [0.29, 0.717) is 0 Å². The number of ether oxygens (including phenoxy) is 3. The Morgan fingerprint density at radius 2 is 1.62 bits per heavy atom. The Labute approximate surface area is 190 Å². The maximum atomic E-state index is 13.5. The first kappa shape index (κ1) is 21.7. The number of aromatic hydroxyl groups is 1. The molecule has 9 nitrogen and oxygen atoms in total. The van der Waals surface area contributed by atoms with Crippen LogP contribution in [0.3, 0.4) is 0 Å². The summed E-state index contributed by atoms with van der Waals surface area (Å²) in [5.41, 5.74) is -0.265. The van der Waals surface area contributed by atoms with Gasteiger partial charge in [-0.1, -0.05) is 24.3 Å². The molecule has 0 saturated heterocycles. The number of ketones is 2. The van der Waals surface area contributed by atoms with Crippen LogP contribution in [0.4, 0.5) is 5.69 Å². The normalized spacial score (nSPS) is 15.3. The Morgan fingerprint density at radius 3 is 2.22 bits per heavy atom. The number of phenolic OH excluding ortho intramolecular Hbond substituents is 1. The number of rotatable bonds is 3. The van der Waals surface area contributed by atoms with E-state index in [1.165, 1.54) is 23.1 Å². The van der Waals surface area contributed by atoms with Crippen molar-refractivity contribution in [3.8, 4) is 5.75 Å². The minimum Gasteiger partial charge on any atom is -0.507 e. The highest BCUT2D eigenvalue weighted by atomic mass is 79.9. The minimum absolute atomic E-state index is 0.0761. The maximum absolute atomic E-state index is 13.5. The first-order valence-electron chi connectivity index (χ1n) is 9.30. The van der Waals surface area contributed by atoms with Crippen molar-refractivity contribution in [3.63, 3.8) is 0 Å². The van der Waals surface area contributed by atoms with Gasteiger partial charge in [-0.15, -0.1) is 0 Å². The van der Waals surface area contributed by atoms with Crippen molar-refractivity contribution in [2.75, 3.05) is 32.5 Å². The highest BCUT2D eigenvalue weighted by molar-refractivity contribution is 9.10. The molecule has 0 bridgehead atoms.